The Balaban J connectivity index is 2.57. The molecule has 0 aliphatic carbocycles. The third-order valence-corrected chi connectivity index (χ3v) is 2.79. The predicted octanol–water partition coefficient (Wildman–Crippen LogP) is 1.93. The van der Waals surface area contributed by atoms with Crippen LogP contribution in [0.2, 0.25) is 0 Å². The minimum atomic E-state index is -0.868. The van der Waals surface area contributed by atoms with E-state index in [2.05, 4.69) is 5.10 Å². The minimum Gasteiger partial charge on any atom is -0.497 e. The molecule has 0 amide bonds. The van der Waals surface area contributed by atoms with E-state index in [4.69, 9.17) is 16.3 Å². The molecular weight excluding hydrogens is 268 g/mol. The Morgan fingerprint density at radius 2 is 1.95 bits per heavy atom. The van der Waals surface area contributed by atoms with Crippen LogP contribution >= 0.6 is 11.6 Å². The summed E-state index contributed by atoms with van der Waals surface area (Å²) in [7, 11) is 1.57. The number of hydrogen-bond donors (Lipinski definition) is 0. The molecule has 0 bridgehead atoms. The third-order valence-electron chi connectivity index (χ3n) is 2.61. The first-order chi connectivity index (χ1) is 9.02. The van der Waals surface area contributed by atoms with Crippen molar-refractivity contribution in [2.45, 2.75) is 6.92 Å². The number of carbonyl (C=O) groups excluding carboxylic acids is 1. The fourth-order valence-electron chi connectivity index (χ4n) is 1.67. The smallest absolute Gasteiger partial charge is 0.276 e. The van der Waals surface area contributed by atoms with Crippen LogP contribution in [0.25, 0.3) is 5.69 Å². The second kappa shape index (κ2) is 5.24. The van der Waals surface area contributed by atoms with Crippen molar-refractivity contribution in [2.75, 3.05) is 7.11 Å². The SMILES string of the molecule is COc1ccc(-n2nc(C(=O)Cl)c(=O)cc2C)cc1. The number of aromatic nitrogens is 2. The molecule has 2 rings (SSSR count). The van der Waals surface area contributed by atoms with Crippen molar-refractivity contribution >= 4 is 16.8 Å². The van der Waals surface area contributed by atoms with Gasteiger partial charge >= 0.3 is 0 Å². The van der Waals surface area contributed by atoms with Crippen LogP contribution in [-0.4, -0.2) is 22.1 Å². The van der Waals surface area contributed by atoms with Crippen molar-refractivity contribution in [3.05, 3.63) is 51.9 Å². The van der Waals surface area contributed by atoms with Gasteiger partial charge in [-0.3, -0.25) is 9.59 Å². The number of benzene rings is 1. The summed E-state index contributed by atoms with van der Waals surface area (Å²) in [4.78, 5) is 22.7. The number of halogens is 1. The minimum absolute atomic E-state index is 0.289. The summed E-state index contributed by atoms with van der Waals surface area (Å²) in [5.41, 5.74) is 0.541. The van der Waals surface area contributed by atoms with Crippen molar-refractivity contribution in [1.82, 2.24) is 9.78 Å². The highest BCUT2D eigenvalue weighted by atomic mass is 35.5. The van der Waals surface area contributed by atoms with Gasteiger partial charge < -0.3 is 4.74 Å². The molecule has 0 aliphatic heterocycles. The van der Waals surface area contributed by atoms with E-state index in [1.807, 2.05) is 0 Å². The number of nitrogens with zero attached hydrogens (tertiary/aromatic N) is 2. The Hall–Kier alpha value is -2.14. The molecule has 1 heterocycles. The maximum Gasteiger partial charge on any atom is 0.276 e. The van der Waals surface area contributed by atoms with Gasteiger partial charge in [-0.05, 0) is 42.8 Å². The number of aryl methyl sites for hydroxylation is 1. The summed E-state index contributed by atoms with van der Waals surface area (Å²) in [5.74, 6) is 0.705. The van der Waals surface area contributed by atoms with Crippen LogP contribution in [0, 0.1) is 6.92 Å². The van der Waals surface area contributed by atoms with Crippen LogP contribution in [0.15, 0.2) is 35.1 Å². The molecular formula is C13H11ClN2O3. The van der Waals surface area contributed by atoms with Crippen molar-refractivity contribution in [1.29, 1.82) is 0 Å². The van der Waals surface area contributed by atoms with E-state index in [-0.39, 0.29) is 5.69 Å². The molecule has 0 saturated carbocycles. The molecule has 0 fully saturated rings. The monoisotopic (exact) mass is 278 g/mol. The summed E-state index contributed by atoms with van der Waals surface area (Å²) in [6, 6.07) is 8.39. The van der Waals surface area contributed by atoms with E-state index < -0.39 is 10.7 Å². The Kier molecular flexibility index (Phi) is 3.66. The standard InChI is InChI=1S/C13H11ClN2O3/c1-8-7-11(17)12(13(14)18)15-16(8)9-3-5-10(19-2)6-4-9/h3-7H,1-2H3. The average molecular weight is 279 g/mol. The van der Waals surface area contributed by atoms with Gasteiger partial charge in [0.2, 0.25) is 5.43 Å². The molecule has 5 nitrogen and oxygen atoms in total. The molecule has 6 heteroatoms. The molecule has 0 N–H and O–H groups in total. The molecule has 0 aliphatic rings. The van der Waals surface area contributed by atoms with Crippen LogP contribution in [0.5, 0.6) is 5.75 Å². The van der Waals surface area contributed by atoms with Gasteiger partial charge in [-0.1, -0.05) is 0 Å². The normalized spacial score (nSPS) is 10.3. The molecule has 0 unspecified atom stereocenters. The largest absolute Gasteiger partial charge is 0.497 e. The fourth-order valence-corrected chi connectivity index (χ4v) is 1.80. The van der Waals surface area contributed by atoms with Gasteiger partial charge in [0, 0.05) is 11.8 Å². The lowest BCUT2D eigenvalue weighted by molar-refractivity contribution is 0.107. The highest BCUT2D eigenvalue weighted by Gasteiger charge is 2.12. The van der Waals surface area contributed by atoms with Crippen molar-refractivity contribution in [3.63, 3.8) is 0 Å². The lowest BCUT2D eigenvalue weighted by Crippen LogP contribution is -2.20. The van der Waals surface area contributed by atoms with E-state index in [0.717, 1.165) is 0 Å². The van der Waals surface area contributed by atoms with Crippen LogP contribution in [0.4, 0.5) is 0 Å². The lowest BCUT2D eigenvalue weighted by Gasteiger charge is -2.10. The summed E-state index contributed by atoms with van der Waals surface area (Å²) in [5, 5.41) is 3.11. The van der Waals surface area contributed by atoms with E-state index >= 15 is 0 Å². The molecule has 0 saturated heterocycles. The zero-order chi connectivity index (χ0) is 14.0. The van der Waals surface area contributed by atoms with E-state index in [1.165, 1.54) is 10.7 Å². The molecule has 98 valence electrons. The van der Waals surface area contributed by atoms with Gasteiger partial charge in [0.1, 0.15) is 5.75 Å². The van der Waals surface area contributed by atoms with E-state index in [0.29, 0.717) is 17.1 Å². The van der Waals surface area contributed by atoms with E-state index in [1.54, 1.807) is 38.3 Å². The summed E-state index contributed by atoms with van der Waals surface area (Å²) >= 11 is 5.33. The molecule has 1 aromatic heterocycles. The number of rotatable bonds is 3. The Morgan fingerprint density at radius 3 is 2.47 bits per heavy atom. The molecule has 0 atom stereocenters. The third kappa shape index (κ3) is 2.66. The second-order valence-corrected chi connectivity index (χ2v) is 4.23. The highest BCUT2D eigenvalue weighted by Crippen LogP contribution is 2.15. The molecule has 2 aromatic rings. The topological polar surface area (TPSA) is 61.2 Å². The van der Waals surface area contributed by atoms with Gasteiger partial charge in [0.15, 0.2) is 5.69 Å². The maximum atomic E-state index is 11.6. The van der Waals surface area contributed by atoms with Crippen LogP contribution in [-0.2, 0) is 0 Å². The maximum absolute atomic E-state index is 11.6. The summed E-state index contributed by atoms with van der Waals surface area (Å²) < 4.78 is 6.54. The molecule has 0 spiro atoms. The number of ether oxygens (including phenoxy) is 1. The molecule has 1 aromatic carbocycles. The first-order valence-corrected chi connectivity index (χ1v) is 5.86. The number of methoxy groups -OCH3 is 1. The highest BCUT2D eigenvalue weighted by molar-refractivity contribution is 6.67. The van der Waals surface area contributed by atoms with Crippen LogP contribution in [0.3, 0.4) is 0 Å². The Labute approximate surface area is 114 Å². The predicted molar refractivity (Wildman–Crippen MR) is 71.3 cm³/mol. The quantitative estimate of drug-likeness (QED) is 0.805. The number of carbonyl (C=O) groups is 1. The van der Waals surface area contributed by atoms with Crippen LogP contribution in [0.1, 0.15) is 16.2 Å². The summed E-state index contributed by atoms with van der Waals surface area (Å²) in [6.07, 6.45) is 0. The summed E-state index contributed by atoms with van der Waals surface area (Å²) in [6.45, 7) is 1.72. The van der Waals surface area contributed by atoms with E-state index in [9.17, 15) is 9.59 Å². The van der Waals surface area contributed by atoms with Gasteiger partial charge in [0.25, 0.3) is 5.24 Å². The lowest BCUT2D eigenvalue weighted by atomic mass is 10.2. The molecule has 19 heavy (non-hydrogen) atoms. The van der Waals surface area contributed by atoms with Crippen molar-refractivity contribution in [2.24, 2.45) is 0 Å². The Morgan fingerprint density at radius 1 is 1.32 bits per heavy atom. The first-order valence-electron chi connectivity index (χ1n) is 5.48. The van der Waals surface area contributed by atoms with Crippen molar-refractivity contribution in [3.8, 4) is 11.4 Å². The number of hydrogen-bond acceptors (Lipinski definition) is 4. The zero-order valence-corrected chi connectivity index (χ0v) is 11.1. The van der Waals surface area contributed by atoms with Gasteiger partial charge in [0.05, 0.1) is 12.8 Å². The fraction of sp³-hybridized carbons (Fsp3) is 0.154. The van der Waals surface area contributed by atoms with Gasteiger partial charge in [-0.25, -0.2) is 4.68 Å². The van der Waals surface area contributed by atoms with Crippen LogP contribution < -0.4 is 10.2 Å². The first kappa shape index (κ1) is 13.3. The second-order valence-electron chi connectivity index (χ2n) is 3.88. The average Bonchev–Trinajstić information content (AvgIpc) is 2.38. The van der Waals surface area contributed by atoms with Gasteiger partial charge in [-0.15, -0.1) is 0 Å². The van der Waals surface area contributed by atoms with Crippen molar-refractivity contribution < 1.29 is 9.53 Å². The zero-order valence-electron chi connectivity index (χ0n) is 10.4. The van der Waals surface area contributed by atoms with Gasteiger partial charge in [-0.2, -0.15) is 5.10 Å². The Bertz CT molecular complexity index is 677. The molecule has 0 radical (unpaired) electrons.